The Morgan fingerprint density at radius 2 is 2.32 bits per heavy atom. The predicted molar refractivity (Wildman–Crippen MR) is 69.0 cm³/mol. The Morgan fingerprint density at radius 3 is 2.95 bits per heavy atom. The Balaban J connectivity index is 2.09. The molecule has 0 saturated carbocycles. The zero-order valence-corrected chi connectivity index (χ0v) is 10.4. The van der Waals surface area contributed by atoms with E-state index >= 15 is 0 Å². The van der Waals surface area contributed by atoms with Gasteiger partial charge in [0, 0.05) is 31.3 Å². The lowest BCUT2D eigenvalue weighted by Crippen LogP contribution is -2.21. The normalized spacial score (nSPS) is 20.2. The third-order valence-corrected chi connectivity index (χ3v) is 3.12. The van der Waals surface area contributed by atoms with Crippen LogP contribution in [0.3, 0.4) is 0 Å². The summed E-state index contributed by atoms with van der Waals surface area (Å²) in [4.78, 5) is 12.5. The minimum Gasteiger partial charge on any atom is -0.478 e. The molecular weight excluding hydrogens is 249 g/mol. The van der Waals surface area contributed by atoms with Crippen LogP contribution in [0.25, 0.3) is 6.08 Å². The molecule has 5 heteroatoms. The summed E-state index contributed by atoms with van der Waals surface area (Å²) in [6.45, 7) is 2.07. The highest BCUT2D eigenvalue weighted by molar-refractivity contribution is 5.85. The average Bonchev–Trinajstić information content (AvgIpc) is 2.75. The van der Waals surface area contributed by atoms with Crippen LogP contribution in [-0.2, 0) is 11.3 Å². The number of benzene rings is 1. The first-order chi connectivity index (χ1) is 9.04. The van der Waals surface area contributed by atoms with E-state index in [1.54, 1.807) is 12.1 Å². The maximum absolute atomic E-state index is 13.5. The molecule has 0 bridgehead atoms. The van der Waals surface area contributed by atoms with Gasteiger partial charge in [-0.3, -0.25) is 4.90 Å². The van der Waals surface area contributed by atoms with Gasteiger partial charge in [0.25, 0.3) is 0 Å². The SMILES string of the molecule is O=C(O)/C=C/c1cc(CN2CCC(O)C2)ccc1F. The van der Waals surface area contributed by atoms with Crippen LogP contribution in [0.4, 0.5) is 4.39 Å². The lowest BCUT2D eigenvalue weighted by Gasteiger charge is -2.15. The summed E-state index contributed by atoms with van der Waals surface area (Å²) in [6, 6.07) is 4.65. The van der Waals surface area contributed by atoms with Crippen molar-refractivity contribution >= 4 is 12.0 Å². The van der Waals surface area contributed by atoms with Crippen molar-refractivity contribution in [1.82, 2.24) is 4.90 Å². The van der Waals surface area contributed by atoms with Gasteiger partial charge in [-0.15, -0.1) is 0 Å². The lowest BCUT2D eigenvalue weighted by atomic mass is 10.1. The molecule has 0 amide bonds. The van der Waals surface area contributed by atoms with Gasteiger partial charge in [-0.1, -0.05) is 6.07 Å². The molecule has 1 atom stereocenters. The number of hydrogen-bond donors (Lipinski definition) is 2. The van der Waals surface area contributed by atoms with Crippen molar-refractivity contribution < 1.29 is 19.4 Å². The molecule has 2 rings (SSSR count). The van der Waals surface area contributed by atoms with Crippen molar-refractivity contribution in [2.45, 2.75) is 19.1 Å². The summed E-state index contributed by atoms with van der Waals surface area (Å²) >= 11 is 0. The molecule has 0 aliphatic carbocycles. The third kappa shape index (κ3) is 3.87. The summed E-state index contributed by atoms with van der Waals surface area (Å²) in [5.41, 5.74) is 1.17. The number of carboxylic acid groups (broad SMARTS) is 1. The molecule has 102 valence electrons. The van der Waals surface area contributed by atoms with Crippen molar-refractivity contribution in [1.29, 1.82) is 0 Å². The molecule has 2 N–H and O–H groups in total. The largest absolute Gasteiger partial charge is 0.478 e. The van der Waals surface area contributed by atoms with E-state index in [9.17, 15) is 14.3 Å². The van der Waals surface area contributed by atoms with Gasteiger partial charge in [0.15, 0.2) is 0 Å². The van der Waals surface area contributed by atoms with Crippen LogP contribution in [0.15, 0.2) is 24.3 Å². The van der Waals surface area contributed by atoms with E-state index in [2.05, 4.69) is 4.90 Å². The lowest BCUT2D eigenvalue weighted by molar-refractivity contribution is -0.131. The van der Waals surface area contributed by atoms with E-state index in [0.717, 1.165) is 24.6 Å². The van der Waals surface area contributed by atoms with E-state index in [1.807, 2.05) is 0 Å². The first-order valence-electron chi connectivity index (χ1n) is 6.14. The highest BCUT2D eigenvalue weighted by Crippen LogP contribution is 2.17. The molecule has 4 nitrogen and oxygen atoms in total. The van der Waals surface area contributed by atoms with Gasteiger partial charge in [0.1, 0.15) is 5.82 Å². The Labute approximate surface area is 110 Å². The minimum atomic E-state index is -1.10. The molecular formula is C14H16FNO3. The molecule has 1 aromatic rings. The third-order valence-electron chi connectivity index (χ3n) is 3.12. The molecule has 19 heavy (non-hydrogen) atoms. The Hall–Kier alpha value is -1.72. The van der Waals surface area contributed by atoms with Crippen LogP contribution in [0.1, 0.15) is 17.5 Å². The number of rotatable bonds is 4. The van der Waals surface area contributed by atoms with E-state index in [-0.39, 0.29) is 11.7 Å². The van der Waals surface area contributed by atoms with Crippen molar-refractivity contribution in [2.24, 2.45) is 0 Å². The van der Waals surface area contributed by atoms with Crippen LogP contribution < -0.4 is 0 Å². The number of carboxylic acids is 1. The fraction of sp³-hybridized carbons (Fsp3) is 0.357. The molecule has 1 heterocycles. The topological polar surface area (TPSA) is 60.8 Å². The molecule has 1 aliphatic heterocycles. The summed E-state index contributed by atoms with van der Waals surface area (Å²) in [5, 5.41) is 18.0. The van der Waals surface area contributed by atoms with E-state index in [0.29, 0.717) is 13.1 Å². The fourth-order valence-corrected chi connectivity index (χ4v) is 2.19. The first kappa shape index (κ1) is 13.7. The summed E-state index contributed by atoms with van der Waals surface area (Å²) in [6.07, 6.45) is 2.64. The highest BCUT2D eigenvalue weighted by Gasteiger charge is 2.20. The highest BCUT2D eigenvalue weighted by atomic mass is 19.1. The quantitative estimate of drug-likeness (QED) is 0.810. The van der Waals surface area contributed by atoms with Gasteiger partial charge >= 0.3 is 5.97 Å². The second-order valence-electron chi connectivity index (χ2n) is 4.71. The molecule has 0 aromatic heterocycles. The number of halogens is 1. The summed E-state index contributed by atoms with van der Waals surface area (Å²) < 4.78 is 13.5. The van der Waals surface area contributed by atoms with Crippen LogP contribution in [0.5, 0.6) is 0 Å². The van der Waals surface area contributed by atoms with Crippen molar-refractivity contribution in [3.05, 3.63) is 41.2 Å². The van der Waals surface area contributed by atoms with Crippen molar-refractivity contribution in [2.75, 3.05) is 13.1 Å². The monoisotopic (exact) mass is 265 g/mol. The number of aliphatic hydroxyl groups excluding tert-OH is 1. The Kier molecular flexibility index (Phi) is 4.29. The number of β-amino-alcohol motifs (C(OH)–C–C–N with tert-alkyl or cyclic N) is 1. The van der Waals surface area contributed by atoms with Gasteiger partial charge in [0.05, 0.1) is 6.10 Å². The van der Waals surface area contributed by atoms with Gasteiger partial charge in [-0.25, -0.2) is 9.18 Å². The number of hydrogen-bond acceptors (Lipinski definition) is 3. The van der Waals surface area contributed by atoms with E-state index in [4.69, 9.17) is 5.11 Å². The van der Waals surface area contributed by atoms with Gasteiger partial charge < -0.3 is 10.2 Å². The van der Waals surface area contributed by atoms with Gasteiger partial charge in [-0.05, 0) is 30.2 Å². The molecule has 1 aromatic carbocycles. The Morgan fingerprint density at radius 1 is 1.53 bits per heavy atom. The minimum absolute atomic E-state index is 0.264. The van der Waals surface area contributed by atoms with Gasteiger partial charge in [-0.2, -0.15) is 0 Å². The van der Waals surface area contributed by atoms with Crippen LogP contribution in [0.2, 0.25) is 0 Å². The Bertz CT molecular complexity index is 501. The van der Waals surface area contributed by atoms with Crippen molar-refractivity contribution in [3.63, 3.8) is 0 Å². The average molecular weight is 265 g/mol. The smallest absolute Gasteiger partial charge is 0.328 e. The molecule has 1 unspecified atom stereocenters. The maximum Gasteiger partial charge on any atom is 0.328 e. The zero-order chi connectivity index (χ0) is 13.8. The fourth-order valence-electron chi connectivity index (χ4n) is 2.19. The van der Waals surface area contributed by atoms with Crippen LogP contribution in [-0.4, -0.2) is 40.3 Å². The van der Waals surface area contributed by atoms with E-state index < -0.39 is 11.8 Å². The summed E-state index contributed by atoms with van der Waals surface area (Å²) in [7, 11) is 0. The van der Waals surface area contributed by atoms with Gasteiger partial charge in [0.2, 0.25) is 0 Å². The number of carbonyl (C=O) groups is 1. The number of aliphatic carboxylic acids is 1. The summed E-state index contributed by atoms with van der Waals surface area (Å²) in [5.74, 6) is -1.55. The zero-order valence-electron chi connectivity index (χ0n) is 10.4. The van der Waals surface area contributed by atoms with Crippen LogP contribution in [0, 0.1) is 5.82 Å². The molecule has 0 spiro atoms. The first-order valence-corrected chi connectivity index (χ1v) is 6.14. The van der Waals surface area contributed by atoms with E-state index in [1.165, 1.54) is 12.1 Å². The number of nitrogens with zero attached hydrogens (tertiary/aromatic N) is 1. The number of likely N-dealkylation sites (tertiary alicyclic amines) is 1. The van der Waals surface area contributed by atoms with Crippen molar-refractivity contribution in [3.8, 4) is 0 Å². The predicted octanol–water partition coefficient (Wildman–Crippen LogP) is 1.49. The molecule has 1 aliphatic rings. The maximum atomic E-state index is 13.5. The van der Waals surface area contributed by atoms with Crippen LogP contribution >= 0.6 is 0 Å². The second-order valence-corrected chi connectivity index (χ2v) is 4.71. The second kappa shape index (κ2) is 5.95. The number of aliphatic hydroxyl groups is 1. The molecule has 0 radical (unpaired) electrons. The molecule has 1 saturated heterocycles. The molecule has 1 fully saturated rings. The standard InChI is InChI=1S/C14H16FNO3/c15-13-3-1-10(7-11(13)2-4-14(18)19)8-16-6-5-12(17)9-16/h1-4,7,12,17H,5-6,8-9H2,(H,18,19)/b4-2+.